The molecule has 0 radical (unpaired) electrons. The van der Waals surface area contributed by atoms with E-state index in [0.29, 0.717) is 0 Å². The Hall–Kier alpha value is -1.69. The zero-order chi connectivity index (χ0) is 18.4. The van der Waals surface area contributed by atoms with Crippen molar-refractivity contribution < 1.29 is 19.2 Å². The van der Waals surface area contributed by atoms with Gasteiger partial charge in [0.05, 0.1) is 0 Å². The van der Waals surface area contributed by atoms with Gasteiger partial charge in [0.2, 0.25) is 0 Å². The van der Waals surface area contributed by atoms with Gasteiger partial charge in [0, 0.05) is 34.9 Å². The summed E-state index contributed by atoms with van der Waals surface area (Å²) in [5, 5.41) is 2.73. The first-order valence-electron chi connectivity index (χ1n) is 8.31. The fourth-order valence-electron chi connectivity index (χ4n) is 3.03. The number of hydrogen-bond acceptors (Lipinski definition) is 2. The maximum absolute atomic E-state index is 8.88. The minimum absolute atomic E-state index is 1.05. The van der Waals surface area contributed by atoms with Crippen molar-refractivity contribution in [3.05, 3.63) is 48.5 Å². The molecule has 25 heavy (non-hydrogen) atoms. The van der Waals surface area contributed by atoms with Gasteiger partial charge in [-0.25, -0.2) is 4.57 Å². The third kappa shape index (κ3) is 5.39. The fraction of sp³-hybridized carbons (Fsp3) is 0.333. The molecule has 2 aromatic carbocycles. The number of aromatic nitrogens is 1. The first kappa shape index (κ1) is 19.6. The first-order valence-corrected chi connectivity index (χ1v) is 9.88. The molecule has 3 rings (SSSR count). The van der Waals surface area contributed by atoms with E-state index < -0.39 is 7.82 Å². The molecule has 0 amide bonds. The molecule has 7 heteroatoms. The van der Waals surface area contributed by atoms with Crippen LogP contribution in [0.1, 0.15) is 13.8 Å². The molecule has 0 unspecified atom stereocenters. The molecule has 1 aromatic heterocycles. The van der Waals surface area contributed by atoms with Gasteiger partial charge in [-0.3, -0.25) is 0 Å². The van der Waals surface area contributed by atoms with Gasteiger partial charge in [0.15, 0.2) is 0 Å². The maximum atomic E-state index is 8.88. The van der Waals surface area contributed by atoms with Crippen molar-refractivity contribution in [3.8, 4) is 0 Å². The summed E-state index contributed by atoms with van der Waals surface area (Å²) in [6.07, 6.45) is 0. The number of phosphoric acid groups is 1. The number of rotatable bonds is 5. The summed E-state index contributed by atoms with van der Waals surface area (Å²) in [5.74, 6) is 0. The second kappa shape index (κ2) is 8.61. The van der Waals surface area contributed by atoms with Crippen LogP contribution in [0.2, 0.25) is 0 Å². The summed E-state index contributed by atoms with van der Waals surface area (Å²) < 4.78 is 11.3. The molecule has 6 nitrogen and oxygen atoms in total. The van der Waals surface area contributed by atoms with Crippen molar-refractivity contribution in [2.75, 3.05) is 19.6 Å². The number of likely N-dealkylation sites (N-methyl/N-ethyl adjacent to an activating group) is 1. The van der Waals surface area contributed by atoms with Gasteiger partial charge in [-0.2, -0.15) is 0 Å². The van der Waals surface area contributed by atoms with E-state index in [-0.39, 0.29) is 0 Å². The Morgan fingerprint density at radius 3 is 1.68 bits per heavy atom. The number of nitrogens with zero attached hydrogens (tertiary/aromatic N) is 2. The number of para-hydroxylation sites is 2. The van der Waals surface area contributed by atoms with Crippen LogP contribution < -0.4 is 0 Å². The van der Waals surface area contributed by atoms with E-state index in [2.05, 4.69) is 71.8 Å². The van der Waals surface area contributed by atoms with Crippen LogP contribution in [0.4, 0.5) is 0 Å². The lowest BCUT2D eigenvalue weighted by Crippen LogP contribution is -2.26. The third-order valence-corrected chi connectivity index (χ3v) is 4.21. The van der Waals surface area contributed by atoms with Gasteiger partial charge in [-0.15, -0.1) is 0 Å². The highest BCUT2D eigenvalue weighted by Crippen LogP contribution is 2.28. The van der Waals surface area contributed by atoms with Crippen LogP contribution in [0.15, 0.2) is 48.5 Å². The van der Waals surface area contributed by atoms with Crippen LogP contribution in [0.5, 0.6) is 0 Å². The molecule has 1 heterocycles. The largest absolute Gasteiger partial charge is 0.466 e. The van der Waals surface area contributed by atoms with Crippen molar-refractivity contribution >= 4 is 29.6 Å². The Kier molecular flexibility index (Phi) is 6.76. The molecule has 3 aromatic rings. The lowest BCUT2D eigenvalue weighted by molar-refractivity contribution is 0.275. The summed E-state index contributed by atoms with van der Waals surface area (Å²) in [7, 11) is -4.64. The van der Waals surface area contributed by atoms with Crippen LogP contribution >= 0.6 is 7.82 Å². The summed E-state index contributed by atoms with van der Waals surface area (Å²) in [4.78, 5) is 24.0. The van der Waals surface area contributed by atoms with E-state index in [0.717, 1.165) is 26.2 Å². The molecule has 0 aliphatic carbocycles. The van der Waals surface area contributed by atoms with Gasteiger partial charge >= 0.3 is 7.82 Å². The number of benzene rings is 2. The molecule has 136 valence electrons. The van der Waals surface area contributed by atoms with E-state index in [1.165, 1.54) is 21.8 Å². The highest BCUT2D eigenvalue weighted by Gasteiger charge is 2.10. The number of hydrogen-bond donors (Lipinski definition) is 3. The van der Waals surface area contributed by atoms with E-state index in [1.54, 1.807) is 0 Å². The predicted octanol–water partition coefficient (Wildman–Crippen LogP) is 3.21. The van der Waals surface area contributed by atoms with Gasteiger partial charge < -0.3 is 24.1 Å². The molecule has 0 atom stereocenters. The first-order chi connectivity index (χ1) is 11.8. The highest BCUT2D eigenvalue weighted by molar-refractivity contribution is 7.45. The van der Waals surface area contributed by atoms with E-state index in [9.17, 15) is 0 Å². The predicted molar refractivity (Wildman–Crippen MR) is 101 cm³/mol. The van der Waals surface area contributed by atoms with Gasteiger partial charge in [0.1, 0.15) is 0 Å². The second-order valence-electron chi connectivity index (χ2n) is 5.73. The van der Waals surface area contributed by atoms with Gasteiger partial charge in [-0.05, 0) is 25.2 Å². The van der Waals surface area contributed by atoms with E-state index >= 15 is 0 Å². The summed E-state index contributed by atoms with van der Waals surface area (Å²) >= 11 is 0. The minimum Gasteiger partial charge on any atom is -0.339 e. The van der Waals surface area contributed by atoms with Crippen molar-refractivity contribution in [2.45, 2.75) is 20.4 Å². The minimum atomic E-state index is -4.64. The molecule has 0 fully saturated rings. The molecule has 0 saturated carbocycles. The quantitative estimate of drug-likeness (QED) is 0.605. The van der Waals surface area contributed by atoms with Crippen molar-refractivity contribution in [3.63, 3.8) is 0 Å². The average molecular weight is 364 g/mol. The molecular weight excluding hydrogens is 339 g/mol. The van der Waals surface area contributed by atoms with Gasteiger partial charge in [0.25, 0.3) is 0 Å². The summed E-state index contributed by atoms with van der Waals surface area (Å²) in [5.41, 5.74) is 2.70. The normalized spacial score (nSPS) is 11.8. The Morgan fingerprint density at radius 2 is 1.28 bits per heavy atom. The lowest BCUT2D eigenvalue weighted by atomic mass is 10.2. The zero-order valence-electron chi connectivity index (χ0n) is 14.5. The Bertz CT molecular complexity index is 806. The van der Waals surface area contributed by atoms with Crippen molar-refractivity contribution in [2.24, 2.45) is 0 Å². The molecule has 0 aliphatic rings. The van der Waals surface area contributed by atoms with Crippen LogP contribution in [0.25, 0.3) is 21.8 Å². The van der Waals surface area contributed by atoms with Crippen LogP contribution in [-0.2, 0) is 11.1 Å². The van der Waals surface area contributed by atoms with E-state index in [4.69, 9.17) is 19.2 Å². The lowest BCUT2D eigenvalue weighted by Gasteiger charge is -2.19. The van der Waals surface area contributed by atoms with Crippen LogP contribution in [0.3, 0.4) is 0 Å². The average Bonchev–Trinajstić information content (AvgIpc) is 2.89. The fourth-order valence-corrected chi connectivity index (χ4v) is 3.03. The highest BCUT2D eigenvalue weighted by atomic mass is 31.2. The Balaban J connectivity index is 0.000000399. The third-order valence-electron chi connectivity index (χ3n) is 4.21. The van der Waals surface area contributed by atoms with E-state index in [1.807, 2.05) is 0 Å². The van der Waals surface area contributed by atoms with Crippen molar-refractivity contribution in [1.29, 1.82) is 0 Å². The molecule has 0 spiro atoms. The standard InChI is InChI=1S/C18H22N2.H3O4P/c1-3-19(4-2)13-14-20-17-11-7-5-9-15(17)16-10-6-8-12-18(16)20;1-5(2,3)4/h5-12H,3-4,13-14H2,1-2H3;(H3,1,2,3,4). The molecule has 3 N–H and O–H groups in total. The maximum Gasteiger partial charge on any atom is 0.466 e. The zero-order valence-corrected chi connectivity index (χ0v) is 15.4. The summed E-state index contributed by atoms with van der Waals surface area (Å²) in [6.45, 7) is 8.86. The molecular formula is C18H25N2O4P. The smallest absolute Gasteiger partial charge is 0.339 e. The Morgan fingerprint density at radius 1 is 0.880 bits per heavy atom. The van der Waals surface area contributed by atoms with Crippen LogP contribution in [0, 0.1) is 0 Å². The van der Waals surface area contributed by atoms with Crippen LogP contribution in [-0.4, -0.2) is 43.8 Å². The van der Waals surface area contributed by atoms with Gasteiger partial charge in [-0.1, -0.05) is 50.2 Å². The molecule has 0 saturated heterocycles. The second-order valence-corrected chi connectivity index (χ2v) is 6.75. The SMILES string of the molecule is CCN(CC)CCn1c2ccccc2c2ccccc21.O=P(O)(O)O. The number of fused-ring (bicyclic) bond motifs is 3. The Labute approximate surface area is 147 Å². The monoisotopic (exact) mass is 364 g/mol. The molecule has 0 bridgehead atoms. The molecule has 0 aliphatic heterocycles. The summed E-state index contributed by atoms with van der Waals surface area (Å²) in [6, 6.07) is 17.4. The topological polar surface area (TPSA) is 85.9 Å². The van der Waals surface area contributed by atoms with Crippen molar-refractivity contribution in [1.82, 2.24) is 9.47 Å².